The standard InChI is InChI=1S/C19H18BrN/c1-13-3-4-17(14(2)9-13)12-21-19-8-6-15-10-18(20)7-5-16(15)11-19/h3-11,21H,12H2,1-2H3. The van der Waals surface area contributed by atoms with Crippen LogP contribution in [-0.2, 0) is 6.54 Å². The second-order valence-corrected chi connectivity index (χ2v) is 6.41. The van der Waals surface area contributed by atoms with Crippen molar-refractivity contribution in [3.63, 3.8) is 0 Å². The van der Waals surface area contributed by atoms with Crippen molar-refractivity contribution in [1.82, 2.24) is 0 Å². The van der Waals surface area contributed by atoms with Crippen LogP contribution in [0.15, 0.2) is 59.1 Å². The minimum atomic E-state index is 0.855. The largest absolute Gasteiger partial charge is 0.381 e. The molecule has 0 saturated carbocycles. The summed E-state index contributed by atoms with van der Waals surface area (Å²) in [5.41, 5.74) is 5.15. The molecule has 0 spiro atoms. The molecule has 21 heavy (non-hydrogen) atoms. The number of hydrogen-bond donors (Lipinski definition) is 1. The van der Waals surface area contributed by atoms with Gasteiger partial charge in [-0.05, 0) is 60.0 Å². The number of benzene rings is 3. The van der Waals surface area contributed by atoms with Gasteiger partial charge in [0.2, 0.25) is 0 Å². The molecule has 0 bridgehead atoms. The van der Waals surface area contributed by atoms with Crippen LogP contribution in [0.5, 0.6) is 0 Å². The lowest BCUT2D eigenvalue weighted by Crippen LogP contribution is -2.01. The molecule has 2 heteroatoms. The van der Waals surface area contributed by atoms with Crippen molar-refractivity contribution in [1.29, 1.82) is 0 Å². The molecule has 3 rings (SSSR count). The predicted molar refractivity (Wildman–Crippen MR) is 94.9 cm³/mol. The van der Waals surface area contributed by atoms with Gasteiger partial charge >= 0.3 is 0 Å². The molecule has 0 radical (unpaired) electrons. The fourth-order valence-electron chi connectivity index (χ4n) is 2.57. The fourth-order valence-corrected chi connectivity index (χ4v) is 2.95. The lowest BCUT2D eigenvalue weighted by Gasteiger charge is -2.11. The average Bonchev–Trinajstić information content (AvgIpc) is 2.46. The van der Waals surface area contributed by atoms with Crippen molar-refractivity contribution in [2.24, 2.45) is 0 Å². The van der Waals surface area contributed by atoms with Crippen LogP contribution >= 0.6 is 15.9 Å². The van der Waals surface area contributed by atoms with Gasteiger partial charge in [0, 0.05) is 16.7 Å². The van der Waals surface area contributed by atoms with E-state index in [4.69, 9.17) is 0 Å². The molecule has 3 aromatic rings. The highest BCUT2D eigenvalue weighted by molar-refractivity contribution is 9.10. The Hall–Kier alpha value is -1.80. The molecule has 106 valence electrons. The van der Waals surface area contributed by atoms with Gasteiger partial charge in [-0.2, -0.15) is 0 Å². The van der Waals surface area contributed by atoms with Crippen LogP contribution in [0, 0.1) is 13.8 Å². The van der Waals surface area contributed by atoms with Gasteiger partial charge in [-0.3, -0.25) is 0 Å². The molecular weight excluding hydrogens is 322 g/mol. The van der Waals surface area contributed by atoms with Gasteiger partial charge < -0.3 is 5.32 Å². The van der Waals surface area contributed by atoms with E-state index in [0.29, 0.717) is 0 Å². The smallest absolute Gasteiger partial charge is 0.0403 e. The van der Waals surface area contributed by atoms with Gasteiger partial charge in [0.25, 0.3) is 0 Å². The fraction of sp³-hybridized carbons (Fsp3) is 0.158. The van der Waals surface area contributed by atoms with Crippen LogP contribution < -0.4 is 5.32 Å². The molecule has 0 aliphatic heterocycles. The van der Waals surface area contributed by atoms with Gasteiger partial charge in [0.1, 0.15) is 0 Å². The highest BCUT2D eigenvalue weighted by Crippen LogP contribution is 2.23. The molecule has 3 aromatic carbocycles. The van der Waals surface area contributed by atoms with E-state index in [0.717, 1.165) is 16.7 Å². The Morgan fingerprint density at radius 2 is 1.62 bits per heavy atom. The highest BCUT2D eigenvalue weighted by atomic mass is 79.9. The highest BCUT2D eigenvalue weighted by Gasteiger charge is 2.00. The molecule has 0 atom stereocenters. The molecule has 0 aromatic heterocycles. The Morgan fingerprint density at radius 3 is 2.43 bits per heavy atom. The number of fused-ring (bicyclic) bond motifs is 1. The summed E-state index contributed by atoms with van der Waals surface area (Å²) in [6.07, 6.45) is 0. The second-order valence-electron chi connectivity index (χ2n) is 5.49. The van der Waals surface area contributed by atoms with E-state index >= 15 is 0 Å². The van der Waals surface area contributed by atoms with Crippen molar-refractivity contribution < 1.29 is 0 Å². The maximum atomic E-state index is 3.52. The molecule has 0 unspecified atom stereocenters. The molecule has 1 nitrogen and oxygen atoms in total. The third kappa shape index (κ3) is 3.27. The van der Waals surface area contributed by atoms with E-state index < -0.39 is 0 Å². The Kier molecular flexibility index (Phi) is 3.98. The van der Waals surface area contributed by atoms with Crippen LogP contribution in [0.25, 0.3) is 10.8 Å². The van der Waals surface area contributed by atoms with E-state index in [1.165, 1.54) is 27.5 Å². The van der Waals surface area contributed by atoms with Crippen LogP contribution in [-0.4, -0.2) is 0 Å². The van der Waals surface area contributed by atoms with E-state index in [1.807, 2.05) is 0 Å². The van der Waals surface area contributed by atoms with Crippen molar-refractivity contribution >= 4 is 32.4 Å². The molecule has 0 saturated heterocycles. The summed E-state index contributed by atoms with van der Waals surface area (Å²) in [7, 11) is 0. The van der Waals surface area contributed by atoms with Crippen LogP contribution in [0.1, 0.15) is 16.7 Å². The second kappa shape index (κ2) is 5.90. The zero-order valence-corrected chi connectivity index (χ0v) is 13.9. The van der Waals surface area contributed by atoms with Crippen LogP contribution in [0.3, 0.4) is 0 Å². The number of rotatable bonds is 3. The third-order valence-electron chi connectivity index (χ3n) is 3.78. The molecule has 0 amide bonds. The maximum Gasteiger partial charge on any atom is 0.0403 e. The summed E-state index contributed by atoms with van der Waals surface area (Å²) < 4.78 is 1.12. The van der Waals surface area contributed by atoms with E-state index in [9.17, 15) is 0 Å². The van der Waals surface area contributed by atoms with Gasteiger partial charge in [-0.1, -0.05) is 51.8 Å². The van der Waals surface area contributed by atoms with E-state index in [2.05, 4.69) is 89.7 Å². The predicted octanol–water partition coefficient (Wildman–Crippen LogP) is 5.83. The van der Waals surface area contributed by atoms with E-state index in [-0.39, 0.29) is 0 Å². The van der Waals surface area contributed by atoms with Gasteiger partial charge in [-0.15, -0.1) is 0 Å². The first-order chi connectivity index (χ1) is 10.1. The van der Waals surface area contributed by atoms with Crippen LogP contribution in [0.4, 0.5) is 5.69 Å². The minimum absolute atomic E-state index is 0.855. The topological polar surface area (TPSA) is 12.0 Å². The number of anilines is 1. The summed E-state index contributed by atoms with van der Waals surface area (Å²) in [5.74, 6) is 0. The van der Waals surface area contributed by atoms with Crippen LogP contribution in [0.2, 0.25) is 0 Å². The minimum Gasteiger partial charge on any atom is -0.381 e. The van der Waals surface area contributed by atoms with Crippen molar-refractivity contribution in [3.8, 4) is 0 Å². The van der Waals surface area contributed by atoms with Crippen molar-refractivity contribution in [2.45, 2.75) is 20.4 Å². The summed E-state index contributed by atoms with van der Waals surface area (Å²) in [6, 6.07) is 19.5. The Balaban J connectivity index is 1.80. The molecular formula is C19H18BrN. The van der Waals surface area contributed by atoms with Gasteiger partial charge in [0.05, 0.1) is 0 Å². The maximum absolute atomic E-state index is 3.52. The Bertz CT molecular complexity index is 793. The Morgan fingerprint density at radius 1 is 0.857 bits per heavy atom. The summed E-state index contributed by atoms with van der Waals surface area (Å²) in [6.45, 7) is 5.15. The quantitative estimate of drug-likeness (QED) is 0.632. The number of aryl methyl sites for hydroxylation is 2. The summed E-state index contributed by atoms with van der Waals surface area (Å²) in [4.78, 5) is 0. The van der Waals surface area contributed by atoms with Crippen molar-refractivity contribution in [3.05, 3.63) is 75.8 Å². The third-order valence-corrected chi connectivity index (χ3v) is 4.28. The molecule has 0 aliphatic rings. The number of halogens is 1. The summed E-state index contributed by atoms with van der Waals surface area (Å²) >= 11 is 3.51. The number of nitrogens with one attached hydrogen (secondary N) is 1. The first-order valence-electron chi connectivity index (χ1n) is 7.11. The first kappa shape index (κ1) is 14.2. The monoisotopic (exact) mass is 339 g/mol. The average molecular weight is 340 g/mol. The summed E-state index contributed by atoms with van der Waals surface area (Å²) in [5, 5.41) is 6.02. The van der Waals surface area contributed by atoms with Crippen molar-refractivity contribution in [2.75, 3.05) is 5.32 Å². The molecule has 1 N–H and O–H groups in total. The lowest BCUT2D eigenvalue weighted by atomic mass is 10.1. The van der Waals surface area contributed by atoms with E-state index in [1.54, 1.807) is 0 Å². The zero-order valence-electron chi connectivity index (χ0n) is 12.3. The molecule has 0 fully saturated rings. The lowest BCUT2D eigenvalue weighted by molar-refractivity contribution is 1.11. The van der Waals surface area contributed by atoms with Gasteiger partial charge in [-0.25, -0.2) is 0 Å². The SMILES string of the molecule is Cc1ccc(CNc2ccc3cc(Br)ccc3c2)c(C)c1. The van der Waals surface area contributed by atoms with Gasteiger partial charge in [0.15, 0.2) is 0 Å². The zero-order chi connectivity index (χ0) is 14.8. The Labute approximate surface area is 134 Å². The number of hydrogen-bond acceptors (Lipinski definition) is 1. The first-order valence-corrected chi connectivity index (χ1v) is 7.90. The molecule has 0 heterocycles. The normalized spacial score (nSPS) is 10.8. The molecule has 0 aliphatic carbocycles.